The molecule has 4 nitrogen and oxygen atoms in total. The molecule has 4 rings (SSSR count). The zero-order valence-corrected chi connectivity index (χ0v) is 17.4. The lowest BCUT2D eigenvalue weighted by Crippen LogP contribution is -2.23. The maximum absolute atomic E-state index is 13.0. The monoisotopic (exact) mass is 410 g/mol. The summed E-state index contributed by atoms with van der Waals surface area (Å²) in [7, 11) is 0. The van der Waals surface area contributed by atoms with Gasteiger partial charge in [-0.2, -0.15) is 0 Å². The van der Waals surface area contributed by atoms with E-state index in [0.717, 1.165) is 33.0 Å². The predicted octanol–water partition coefficient (Wildman–Crippen LogP) is 4.81. The van der Waals surface area contributed by atoms with Crippen LogP contribution in [0, 0.1) is 0 Å². The molecule has 0 radical (unpaired) electrons. The number of carbonyl (C=O) groups is 1. The van der Waals surface area contributed by atoms with Crippen LogP contribution in [0.1, 0.15) is 28.2 Å². The van der Waals surface area contributed by atoms with E-state index in [0.29, 0.717) is 26.2 Å². The first kappa shape index (κ1) is 20.9. The van der Waals surface area contributed by atoms with Gasteiger partial charge in [0.1, 0.15) is 5.78 Å². The number of ketones is 1. The highest BCUT2D eigenvalue weighted by molar-refractivity contribution is 5.89. The molecule has 1 heterocycles. The van der Waals surface area contributed by atoms with Crippen molar-refractivity contribution in [1.82, 2.24) is 4.98 Å². The Morgan fingerprint density at radius 3 is 2.29 bits per heavy atom. The van der Waals surface area contributed by atoms with E-state index >= 15 is 0 Å². The van der Waals surface area contributed by atoms with E-state index in [1.54, 1.807) is 6.20 Å². The average Bonchev–Trinajstić information content (AvgIpc) is 2.81. The summed E-state index contributed by atoms with van der Waals surface area (Å²) in [5.41, 5.74) is 10.1. The van der Waals surface area contributed by atoms with Crippen LogP contribution in [0.25, 0.3) is 10.8 Å². The van der Waals surface area contributed by atoms with E-state index in [1.165, 1.54) is 0 Å². The van der Waals surface area contributed by atoms with Crippen LogP contribution in [0.4, 0.5) is 0 Å². The Balaban J connectivity index is 1.37. The van der Waals surface area contributed by atoms with Crippen LogP contribution in [-0.4, -0.2) is 17.3 Å². The second-order valence-corrected chi connectivity index (χ2v) is 7.71. The van der Waals surface area contributed by atoms with Crippen LogP contribution < -0.4 is 5.73 Å². The molecule has 4 heteroatoms. The van der Waals surface area contributed by atoms with Gasteiger partial charge in [-0.1, -0.05) is 72.8 Å². The Hall–Kier alpha value is -3.34. The lowest BCUT2D eigenvalue weighted by atomic mass is 9.90. The van der Waals surface area contributed by atoms with Crippen LogP contribution in [-0.2, 0) is 29.2 Å². The molecule has 3 aromatic carbocycles. The molecule has 0 aliphatic heterocycles. The molecule has 0 aliphatic rings. The van der Waals surface area contributed by atoms with E-state index in [9.17, 15) is 4.79 Å². The number of ether oxygens (including phenoxy) is 1. The van der Waals surface area contributed by atoms with Crippen molar-refractivity contribution in [2.75, 3.05) is 6.54 Å². The van der Waals surface area contributed by atoms with E-state index in [4.69, 9.17) is 10.5 Å². The Labute approximate surface area is 182 Å². The minimum absolute atomic E-state index is 0.129. The molecule has 0 bridgehead atoms. The van der Waals surface area contributed by atoms with Crippen molar-refractivity contribution in [3.05, 3.63) is 114 Å². The van der Waals surface area contributed by atoms with Gasteiger partial charge < -0.3 is 10.5 Å². The molecule has 156 valence electrons. The smallest absolute Gasteiger partial charge is 0.145 e. The molecule has 1 atom stereocenters. The Morgan fingerprint density at radius 1 is 0.839 bits per heavy atom. The number of pyridine rings is 1. The molecule has 1 unspecified atom stereocenters. The number of aromatic nitrogens is 1. The summed E-state index contributed by atoms with van der Waals surface area (Å²) in [6, 6.07) is 26.1. The lowest BCUT2D eigenvalue weighted by Gasteiger charge is -2.15. The first-order valence-corrected chi connectivity index (χ1v) is 10.5. The quantitative estimate of drug-likeness (QED) is 0.430. The molecule has 1 aromatic heterocycles. The van der Waals surface area contributed by atoms with Crippen molar-refractivity contribution in [3.63, 3.8) is 0 Å². The van der Waals surface area contributed by atoms with Gasteiger partial charge in [0, 0.05) is 30.7 Å². The van der Waals surface area contributed by atoms with Crippen molar-refractivity contribution in [1.29, 1.82) is 0 Å². The number of nitrogens with two attached hydrogens (primary N) is 1. The SMILES string of the molecule is NCC(C(=O)Cc1ccc2cnccc2c1)c1ccc(COCc2ccccc2)cc1. The number of Topliss-reactive ketones (excluding diaryl/α,β-unsaturated/α-hetero) is 1. The van der Waals surface area contributed by atoms with E-state index < -0.39 is 0 Å². The standard InChI is InChI=1S/C27H26N2O2/c28-16-26(27(30)15-22-8-11-25-17-29-13-12-24(25)14-22)23-9-6-21(7-10-23)19-31-18-20-4-2-1-3-5-20/h1-14,17,26H,15-16,18-19,28H2. The van der Waals surface area contributed by atoms with Gasteiger partial charge in [0.05, 0.1) is 19.1 Å². The molecular weight excluding hydrogens is 384 g/mol. The van der Waals surface area contributed by atoms with Crippen LogP contribution in [0.15, 0.2) is 91.3 Å². The Morgan fingerprint density at radius 2 is 1.55 bits per heavy atom. The van der Waals surface area contributed by atoms with Crippen LogP contribution >= 0.6 is 0 Å². The number of hydrogen-bond donors (Lipinski definition) is 1. The van der Waals surface area contributed by atoms with E-state index in [-0.39, 0.29) is 11.7 Å². The van der Waals surface area contributed by atoms with Crippen LogP contribution in [0.2, 0.25) is 0 Å². The van der Waals surface area contributed by atoms with Gasteiger partial charge >= 0.3 is 0 Å². The second kappa shape index (κ2) is 10.1. The topological polar surface area (TPSA) is 65.2 Å². The third-order valence-electron chi connectivity index (χ3n) is 5.47. The summed E-state index contributed by atoms with van der Waals surface area (Å²) in [5, 5.41) is 2.16. The molecule has 4 aromatic rings. The Bertz CT molecular complexity index is 1140. The first-order chi connectivity index (χ1) is 15.2. The van der Waals surface area contributed by atoms with E-state index in [2.05, 4.69) is 11.1 Å². The number of fused-ring (bicyclic) bond motifs is 1. The Kier molecular flexibility index (Phi) is 6.82. The van der Waals surface area contributed by atoms with E-state index in [1.807, 2.05) is 79.0 Å². The van der Waals surface area contributed by atoms with Crippen molar-refractivity contribution >= 4 is 16.6 Å². The highest BCUT2D eigenvalue weighted by atomic mass is 16.5. The summed E-state index contributed by atoms with van der Waals surface area (Å²) in [5.74, 6) is -0.184. The summed E-state index contributed by atoms with van der Waals surface area (Å²) >= 11 is 0. The molecule has 0 saturated heterocycles. The number of hydrogen-bond acceptors (Lipinski definition) is 4. The summed E-state index contributed by atoms with van der Waals surface area (Å²) in [6.45, 7) is 1.40. The summed E-state index contributed by atoms with van der Waals surface area (Å²) < 4.78 is 5.80. The zero-order chi connectivity index (χ0) is 21.5. The molecule has 0 amide bonds. The molecule has 2 N–H and O–H groups in total. The first-order valence-electron chi connectivity index (χ1n) is 10.5. The molecule has 0 aliphatic carbocycles. The van der Waals surface area contributed by atoms with Gasteiger partial charge in [0.15, 0.2) is 0 Å². The van der Waals surface area contributed by atoms with Gasteiger partial charge in [0.2, 0.25) is 0 Å². The third kappa shape index (κ3) is 5.43. The minimum atomic E-state index is -0.313. The fourth-order valence-electron chi connectivity index (χ4n) is 3.73. The second-order valence-electron chi connectivity index (χ2n) is 7.71. The van der Waals surface area contributed by atoms with Gasteiger partial charge in [-0.3, -0.25) is 9.78 Å². The van der Waals surface area contributed by atoms with Crippen molar-refractivity contribution < 1.29 is 9.53 Å². The maximum atomic E-state index is 13.0. The van der Waals surface area contributed by atoms with Crippen molar-refractivity contribution in [3.8, 4) is 0 Å². The molecule has 0 saturated carbocycles. The van der Waals surface area contributed by atoms with Crippen LogP contribution in [0.5, 0.6) is 0 Å². The van der Waals surface area contributed by atoms with Gasteiger partial charge in [-0.05, 0) is 33.7 Å². The van der Waals surface area contributed by atoms with Gasteiger partial charge in [-0.25, -0.2) is 0 Å². The highest BCUT2D eigenvalue weighted by Crippen LogP contribution is 2.21. The fourth-order valence-corrected chi connectivity index (χ4v) is 3.73. The molecular formula is C27H26N2O2. The largest absolute Gasteiger partial charge is 0.372 e. The minimum Gasteiger partial charge on any atom is -0.372 e. The zero-order valence-electron chi connectivity index (χ0n) is 17.4. The van der Waals surface area contributed by atoms with Crippen LogP contribution in [0.3, 0.4) is 0 Å². The molecule has 0 fully saturated rings. The van der Waals surface area contributed by atoms with Crippen molar-refractivity contribution in [2.24, 2.45) is 5.73 Å². The van der Waals surface area contributed by atoms with Crippen molar-refractivity contribution in [2.45, 2.75) is 25.6 Å². The van der Waals surface area contributed by atoms with Gasteiger partial charge in [0.25, 0.3) is 0 Å². The normalized spacial score (nSPS) is 12.0. The highest BCUT2D eigenvalue weighted by Gasteiger charge is 2.19. The fraction of sp³-hybridized carbons (Fsp3) is 0.185. The summed E-state index contributed by atoms with van der Waals surface area (Å²) in [4.78, 5) is 17.1. The molecule has 0 spiro atoms. The maximum Gasteiger partial charge on any atom is 0.145 e. The van der Waals surface area contributed by atoms with Gasteiger partial charge in [-0.15, -0.1) is 0 Å². The number of nitrogens with zero attached hydrogens (tertiary/aromatic N) is 1. The predicted molar refractivity (Wildman–Crippen MR) is 124 cm³/mol. The third-order valence-corrected chi connectivity index (χ3v) is 5.47. The summed E-state index contributed by atoms with van der Waals surface area (Å²) in [6.07, 6.45) is 3.96. The average molecular weight is 411 g/mol. The lowest BCUT2D eigenvalue weighted by molar-refractivity contribution is -0.119. The molecule has 31 heavy (non-hydrogen) atoms. The number of benzene rings is 3. The number of carbonyl (C=O) groups excluding carboxylic acids is 1. The number of rotatable bonds is 9.